The molecule has 33 heavy (non-hydrogen) atoms. The van der Waals surface area contributed by atoms with Crippen LogP contribution in [0.15, 0.2) is 88.1 Å². The van der Waals surface area contributed by atoms with Gasteiger partial charge in [0.25, 0.3) is 5.91 Å². The third kappa shape index (κ3) is 5.57. The maximum absolute atomic E-state index is 12.7. The van der Waals surface area contributed by atoms with Gasteiger partial charge in [-0.3, -0.25) is 14.2 Å². The second-order valence-corrected chi connectivity index (χ2v) is 7.68. The first-order valence-electron chi connectivity index (χ1n) is 10.9. The smallest absolute Gasteiger partial charge is 0.408 e. The summed E-state index contributed by atoms with van der Waals surface area (Å²) in [4.78, 5) is 37.2. The lowest BCUT2D eigenvalue weighted by molar-refractivity contribution is -0.116. The monoisotopic (exact) mass is 443 g/mol. The first-order valence-corrected chi connectivity index (χ1v) is 10.9. The first kappa shape index (κ1) is 22.1. The lowest BCUT2D eigenvalue weighted by Crippen LogP contribution is -2.27. The molecule has 1 heterocycles. The van der Waals surface area contributed by atoms with E-state index in [0.717, 1.165) is 12.0 Å². The van der Waals surface area contributed by atoms with Crippen molar-refractivity contribution in [3.8, 4) is 0 Å². The SMILES string of the molecule is O=C(CCCn1c(=O)oc2ccccc21)Nc1ccccc1C(=O)NCCc1ccccc1. The average molecular weight is 444 g/mol. The summed E-state index contributed by atoms with van der Waals surface area (Å²) in [5.74, 6) is -0.896. The van der Waals surface area contributed by atoms with Crippen LogP contribution in [-0.4, -0.2) is 22.9 Å². The van der Waals surface area contributed by atoms with Gasteiger partial charge in [0.2, 0.25) is 5.91 Å². The van der Waals surface area contributed by atoms with Crippen LogP contribution >= 0.6 is 0 Å². The Morgan fingerprint density at radius 2 is 1.61 bits per heavy atom. The summed E-state index contributed by atoms with van der Waals surface area (Å²) < 4.78 is 6.74. The second kappa shape index (κ2) is 10.5. The van der Waals surface area contributed by atoms with Crippen molar-refractivity contribution in [2.45, 2.75) is 25.8 Å². The number of rotatable bonds is 9. The van der Waals surface area contributed by atoms with E-state index in [-0.39, 0.29) is 18.2 Å². The highest BCUT2D eigenvalue weighted by Crippen LogP contribution is 2.16. The zero-order chi connectivity index (χ0) is 23.0. The van der Waals surface area contributed by atoms with Crippen LogP contribution in [0.1, 0.15) is 28.8 Å². The number of carbonyl (C=O) groups is 2. The number of para-hydroxylation sites is 3. The number of aryl methyl sites for hydroxylation is 1. The van der Waals surface area contributed by atoms with Crippen molar-refractivity contribution in [1.82, 2.24) is 9.88 Å². The maximum atomic E-state index is 12.7. The third-order valence-electron chi connectivity index (χ3n) is 5.35. The van der Waals surface area contributed by atoms with Crippen LogP contribution in [0.3, 0.4) is 0 Å². The predicted octanol–water partition coefficient (Wildman–Crippen LogP) is 3.99. The molecule has 0 atom stereocenters. The van der Waals surface area contributed by atoms with Crippen molar-refractivity contribution in [2.24, 2.45) is 0 Å². The fourth-order valence-electron chi connectivity index (χ4n) is 3.69. The lowest BCUT2D eigenvalue weighted by atomic mass is 10.1. The maximum Gasteiger partial charge on any atom is 0.419 e. The summed E-state index contributed by atoms with van der Waals surface area (Å²) in [5.41, 5.74) is 3.25. The minimum atomic E-state index is -0.436. The topological polar surface area (TPSA) is 93.3 Å². The summed E-state index contributed by atoms with van der Waals surface area (Å²) in [6.07, 6.45) is 1.39. The van der Waals surface area contributed by atoms with Gasteiger partial charge in [-0.2, -0.15) is 0 Å². The molecule has 4 rings (SSSR count). The van der Waals surface area contributed by atoms with Gasteiger partial charge < -0.3 is 15.1 Å². The molecule has 3 aromatic carbocycles. The van der Waals surface area contributed by atoms with Crippen molar-refractivity contribution in [2.75, 3.05) is 11.9 Å². The van der Waals surface area contributed by atoms with Crippen molar-refractivity contribution >= 4 is 28.6 Å². The van der Waals surface area contributed by atoms with Crippen LogP contribution in [0.5, 0.6) is 0 Å². The van der Waals surface area contributed by atoms with E-state index in [0.29, 0.717) is 41.9 Å². The van der Waals surface area contributed by atoms with E-state index >= 15 is 0 Å². The molecule has 2 N–H and O–H groups in total. The molecule has 0 bridgehead atoms. The van der Waals surface area contributed by atoms with E-state index in [1.54, 1.807) is 36.4 Å². The number of carbonyl (C=O) groups excluding carboxylic acids is 2. The fraction of sp³-hybridized carbons (Fsp3) is 0.192. The Kier molecular flexibility index (Phi) is 6.99. The number of benzene rings is 3. The summed E-state index contributed by atoms with van der Waals surface area (Å²) >= 11 is 0. The minimum Gasteiger partial charge on any atom is -0.408 e. The quantitative estimate of drug-likeness (QED) is 0.409. The Morgan fingerprint density at radius 1 is 0.879 bits per heavy atom. The Balaban J connectivity index is 1.31. The molecule has 0 aliphatic carbocycles. The van der Waals surface area contributed by atoms with Crippen LogP contribution in [0.25, 0.3) is 11.1 Å². The van der Waals surface area contributed by atoms with E-state index in [2.05, 4.69) is 10.6 Å². The highest BCUT2D eigenvalue weighted by Gasteiger charge is 2.14. The van der Waals surface area contributed by atoms with Gasteiger partial charge in [0, 0.05) is 19.5 Å². The third-order valence-corrected chi connectivity index (χ3v) is 5.35. The number of anilines is 1. The predicted molar refractivity (Wildman–Crippen MR) is 127 cm³/mol. The number of nitrogens with one attached hydrogen (secondary N) is 2. The molecule has 0 aliphatic rings. The van der Waals surface area contributed by atoms with E-state index in [9.17, 15) is 14.4 Å². The molecule has 0 saturated heterocycles. The Hall–Kier alpha value is -4.13. The number of aromatic nitrogens is 1. The van der Waals surface area contributed by atoms with Crippen LogP contribution in [0, 0.1) is 0 Å². The highest BCUT2D eigenvalue weighted by molar-refractivity contribution is 6.03. The van der Waals surface area contributed by atoms with E-state index < -0.39 is 5.76 Å². The Labute approximate surface area is 191 Å². The minimum absolute atomic E-state index is 0.204. The molecule has 0 aliphatic heterocycles. The normalized spacial score (nSPS) is 10.8. The molecule has 2 amide bonds. The fourth-order valence-corrected chi connectivity index (χ4v) is 3.69. The largest absolute Gasteiger partial charge is 0.419 e. The van der Waals surface area contributed by atoms with Gasteiger partial charge in [-0.15, -0.1) is 0 Å². The van der Waals surface area contributed by atoms with Crippen LogP contribution in [-0.2, 0) is 17.8 Å². The molecule has 0 saturated carbocycles. The molecule has 7 nitrogen and oxygen atoms in total. The standard InChI is InChI=1S/C26H25N3O4/c30-24(15-8-18-29-22-13-6-7-14-23(22)33-26(29)32)28-21-12-5-4-11-20(21)25(31)27-17-16-19-9-2-1-3-10-19/h1-7,9-14H,8,15-18H2,(H,27,31)(H,28,30). The molecular formula is C26H25N3O4. The van der Waals surface area contributed by atoms with Crippen molar-refractivity contribution in [3.05, 3.63) is 101 Å². The van der Waals surface area contributed by atoms with Gasteiger partial charge in [-0.1, -0.05) is 54.6 Å². The summed E-state index contributed by atoms with van der Waals surface area (Å²) in [6, 6.07) is 24.0. The van der Waals surface area contributed by atoms with Gasteiger partial charge in [0.1, 0.15) is 0 Å². The summed E-state index contributed by atoms with van der Waals surface area (Å²) in [7, 11) is 0. The van der Waals surface area contributed by atoms with E-state index in [1.165, 1.54) is 4.57 Å². The van der Waals surface area contributed by atoms with Gasteiger partial charge in [-0.05, 0) is 42.7 Å². The molecular weight excluding hydrogens is 418 g/mol. The number of fused-ring (bicyclic) bond motifs is 1. The number of nitrogens with zero attached hydrogens (tertiary/aromatic N) is 1. The van der Waals surface area contributed by atoms with Gasteiger partial charge in [0.15, 0.2) is 5.58 Å². The summed E-state index contributed by atoms with van der Waals surface area (Å²) in [6.45, 7) is 0.865. The van der Waals surface area contributed by atoms with Gasteiger partial charge in [0.05, 0.1) is 16.8 Å². The van der Waals surface area contributed by atoms with Gasteiger partial charge >= 0.3 is 5.76 Å². The molecule has 168 valence electrons. The zero-order valence-electron chi connectivity index (χ0n) is 18.1. The lowest BCUT2D eigenvalue weighted by Gasteiger charge is -2.12. The zero-order valence-corrected chi connectivity index (χ0v) is 18.1. The van der Waals surface area contributed by atoms with E-state index in [4.69, 9.17) is 4.42 Å². The van der Waals surface area contributed by atoms with Crippen LogP contribution in [0.2, 0.25) is 0 Å². The number of amides is 2. The Morgan fingerprint density at radius 3 is 2.45 bits per heavy atom. The molecule has 1 aromatic heterocycles. The van der Waals surface area contributed by atoms with Crippen molar-refractivity contribution < 1.29 is 14.0 Å². The average Bonchev–Trinajstić information content (AvgIpc) is 3.15. The number of hydrogen-bond donors (Lipinski definition) is 2. The Bertz CT molecular complexity index is 1310. The van der Waals surface area contributed by atoms with Crippen molar-refractivity contribution in [3.63, 3.8) is 0 Å². The number of oxazole rings is 1. The molecule has 7 heteroatoms. The molecule has 4 aromatic rings. The second-order valence-electron chi connectivity index (χ2n) is 7.68. The van der Waals surface area contributed by atoms with Crippen LogP contribution < -0.4 is 16.4 Å². The molecule has 0 fully saturated rings. The van der Waals surface area contributed by atoms with Gasteiger partial charge in [-0.25, -0.2) is 4.79 Å². The molecule has 0 radical (unpaired) electrons. The first-order chi connectivity index (χ1) is 16.1. The van der Waals surface area contributed by atoms with E-state index in [1.807, 2.05) is 42.5 Å². The number of hydrogen-bond acceptors (Lipinski definition) is 4. The van der Waals surface area contributed by atoms with Crippen molar-refractivity contribution in [1.29, 1.82) is 0 Å². The highest BCUT2D eigenvalue weighted by atomic mass is 16.4. The summed E-state index contributed by atoms with van der Waals surface area (Å²) in [5, 5.41) is 5.73. The molecule has 0 unspecified atom stereocenters. The van der Waals surface area contributed by atoms with Crippen LogP contribution in [0.4, 0.5) is 5.69 Å². The molecule has 0 spiro atoms.